The molecule has 1 saturated heterocycles. The second kappa shape index (κ2) is 2.98. The quantitative estimate of drug-likeness (QED) is 0.687. The highest BCUT2D eigenvalue weighted by molar-refractivity contribution is 5.77. The van der Waals surface area contributed by atoms with Crippen molar-refractivity contribution in [3.63, 3.8) is 0 Å². The first-order valence-corrected chi connectivity index (χ1v) is 5.07. The highest BCUT2D eigenvalue weighted by Gasteiger charge is 2.48. The summed E-state index contributed by atoms with van der Waals surface area (Å²) >= 11 is 0. The molecule has 0 bridgehead atoms. The molecule has 1 atom stereocenters. The van der Waals surface area contributed by atoms with Gasteiger partial charge in [-0.05, 0) is 31.6 Å². The van der Waals surface area contributed by atoms with Crippen molar-refractivity contribution in [3.05, 3.63) is 0 Å². The molecule has 13 heavy (non-hydrogen) atoms. The second-order valence-corrected chi connectivity index (χ2v) is 4.62. The third kappa shape index (κ3) is 1.85. The van der Waals surface area contributed by atoms with E-state index in [2.05, 4.69) is 0 Å². The van der Waals surface area contributed by atoms with E-state index in [0.29, 0.717) is 5.41 Å². The number of hydrogen-bond acceptors (Lipinski definition) is 2. The Balaban J connectivity index is 1.84. The molecular weight excluding hydrogens is 166 g/mol. The van der Waals surface area contributed by atoms with Crippen LogP contribution in [0.15, 0.2) is 0 Å². The van der Waals surface area contributed by atoms with Crippen LogP contribution in [0.3, 0.4) is 0 Å². The van der Waals surface area contributed by atoms with Gasteiger partial charge in [0.25, 0.3) is 0 Å². The Hall–Kier alpha value is -0.570. The lowest BCUT2D eigenvalue weighted by atomic mass is 10.1. The predicted molar refractivity (Wildman–Crippen MR) is 49.2 cm³/mol. The van der Waals surface area contributed by atoms with Crippen LogP contribution >= 0.6 is 0 Å². The average Bonchev–Trinajstić information content (AvgIpc) is 2.59. The third-order valence-corrected chi connectivity index (χ3v) is 3.22. The van der Waals surface area contributed by atoms with E-state index in [1.54, 1.807) is 6.92 Å². The molecule has 74 valence electrons. The number of carbonyl (C=O) groups is 1. The molecular formula is C10H17NO2. The maximum atomic E-state index is 11.5. The lowest BCUT2D eigenvalue weighted by Crippen LogP contribution is -2.31. The molecule has 3 heteroatoms. The fourth-order valence-corrected chi connectivity index (χ4v) is 2.11. The van der Waals surface area contributed by atoms with Crippen LogP contribution in [0.25, 0.3) is 0 Å². The van der Waals surface area contributed by atoms with Crippen molar-refractivity contribution in [2.24, 2.45) is 5.41 Å². The second-order valence-electron chi connectivity index (χ2n) is 4.62. The third-order valence-electron chi connectivity index (χ3n) is 3.22. The first-order chi connectivity index (χ1) is 6.11. The zero-order chi connectivity index (χ0) is 9.47. The molecule has 2 fully saturated rings. The van der Waals surface area contributed by atoms with Crippen LogP contribution < -0.4 is 0 Å². The van der Waals surface area contributed by atoms with E-state index < -0.39 is 6.10 Å². The van der Waals surface area contributed by atoms with Crippen molar-refractivity contribution in [2.75, 3.05) is 13.1 Å². The Morgan fingerprint density at radius 2 is 2.23 bits per heavy atom. The van der Waals surface area contributed by atoms with E-state index in [-0.39, 0.29) is 12.3 Å². The van der Waals surface area contributed by atoms with Gasteiger partial charge in [-0.15, -0.1) is 0 Å². The van der Waals surface area contributed by atoms with Gasteiger partial charge in [0.1, 0.15) is 0 Å². The molecule has 2 aliphatic rings. The molecule has 1 N–H and O–H groups in total. The number of amides is 1. The molecule has 2 rings (SSSR count). The van der Waals surface area contributed by atoms with Gasteiger partial charge in [-0.3, -0.25) is 4.79 Å². The van der Waals surface area contributed by atoms with E-state index in [4.69, 9.17) is 5.11 Å². The number of nitrogens with zero attached hydrogens (tertiary/aromatic N) is 1. The first kappa shape index (κ1) is 9.00. The molecule has 1 heterocycles. The van der Waals surface area contributed by atoms with Gasteiger partial charge in [-0.2, -0.15) is 0 Å². The molecule has 1 aliphatic heterocycles. The topological polar surface area (TPSA) is 40.5 Å². The van der Waals surface area contributed by atoms with Crippen molar-refractivity contribution in [2.45, 2.75) is 38.7 Å². The Morgan fingerprint density at radius 1 is 1.54 bits per heavy atom. The van der Waals surface area contributed by atoms with Crippen molar-refractivity contribution >= 4 is 5.91 Å². The summed E-state index contributed by atoms with van der Waals surface area (Å²) in [5.41, 5.74) is 0.508. The Kier molecular flexibility index (Phi) is 2.06. The van der Waals surface area contributed by atoms with Gasteiger partial charge in [-0.25, -0.2) is 0 Å². The van der Waals surface area contributed by atoms with Crippen LogP contribution in [0.5, 0.6) is 0 Å². The summed E-state index contributed by atoms with van der Waals surface area (Å²) in [6.07, 6.45) is 3.56. The average molecular weight is 183 g/mol. The van der Waals surface area contributed by atoms with E-state index >= 15 is 0 Å². The van der Waals surface area contributed by atoms with E-state index in [1.165, 1.54) is 19.3 Å². The maximum Gasteiger partial charge on any atom is 0.225 e. The van der Waals surface area contributed by atoms with Crippen molar-refractivity contribution in [1.82, 2.24) is 4.90 Å². The molecule has 0 aromatic heterocycles. The maximum absolute atomic E-state index is 11.5. The number of aliphatic hydroxyl groups excluding tert-OH is 1. The van der Waals surface area contributed by atoms with Crippen molar-refractivity contribution in [1.29, 1.82) is 0 Å². The zero-order valence-corrected chi connectivity index (χ0v) is 8.12. The summed E-state index contributed by atoms with van der Waals surface area (Å²) in [6.45, 7) is 3.52. The van der Waals surface area contributed by atoms with Gasteiger partial charge in [0.2, 0.25) is 5.91 Å². The molecule has 1 spiro atoms. The lowest BCUT2D eigenvalue weighted by molar-refractivity contribution is -0.132. The largest absolute Gasteiger partial charge is 0.393 e. The van der Waals surface area contributed by atoms with Gasteiger partial charge in [0.15, 0.2) is 0 Å². The van der Waals surface area contributed by atoms with E-state index in [1.807, 2.05) is 4.90 Å². The Bertz CT molecular complexity index is 221. The van der Waals surface area contributed by atoms with Crippen molar-refractivity contribution in [3.8, 4) is 0 Å². The number of aliphatic hydroxyl groups is 1. The fourth-order valence-electron chi connectivity index (χ4n) is 2.11. The highest BCUT2D eigenvalue weighted by atomic mass is 16.3. The van der Waals surface area contributed by atoms with Gasteiger partial charge in [-0.1, -0.05) is 0 Å². The minimum absolute atomic E-state index is 0.124. The summed E-state index contributed by atoms with van der Waals surface area (Å²) < 4.78 is 0. The number of likely N-dealkylation sites (tertiary alicyclic amines) is 1. The lowest BCUT2D eigenvalue weighted by Gasteiger charge is -2.17. The van der Waals surface area contributed by atoms with Crippen LogP contribution in [0.2, 0.25) is 0 Å². The van der Waals surface area contributed by atoms with Crippen LogP contribution in [0.1, 0.15) is 32.6 Å². The molecule has 0 radical (unpaired) electrons. The SMILES string of the molecule is CC(O)CC(=O)N1CCC2(CC2)C1. The van der Waals surface area contributed by atoms with Crippen LogP contribution in [-0.2, 0) is 4.79 Å². The normalized spacial score (nSPS) is 26.5. The Labute approximate surface area is 78.7 Å². The minimum Gasteiger partial charge on any atom is -0.393 e. The monoisotopic (exact) mass is 183 g/mol. The van der Waals surface area contributed by atoms with Crippen LogP contribution in [-0.4, -0.2) is 35.1 Å². The number of hydrogen-bond donors (Lipinski definition) is 1. The van der Waals surface area contributed by atoms with E-state index in [0.717, 1.165) is 13.1 Å². The molecule has 1 aliphatic carbocycles. The van der Waals surface area contributed by atoms with Gasteiger partial charge in [0, 0.05) is 13.1 Å². The smallest absolute Gasteiger partial charge is 0.225 e. The molecule has 1 amide bonds. The van der Waals surface area contributed by atoms with Crippen molar-refractivity contribution < 1.29 is 9.90 Å². The fraction of sp³-hybridized carbons (Fsp3) is 0.900. The number of carbonyl (C=O) groups excluding carboxylic acids is 1. The van der Waals surface area contributed by atoms with Crippen LogP contribution in [0, 0.1) is 5.41 Å². The molecule has 0 aromatic carbocycles. The molecule has 1 saturated carbocycles. The predicted octanol–water partition coefficient (Wildman–Crippen LogP) is 0.770. The molecule has 0 aromatic rings. The van der Waals surface area contributed by atoms with E-state index in [9.17, 15) is 4.79 Å². The zero-order valence-electron chi connectivity index (χ0n) is 8.12. The molecule has 1 unspecified atom stereocenters. The minimum atomic E-state index is -0.497. The Morgan fingerprint density at radius 3 is 2.69 bits per heavy atom. The van der Waals surface area contributed by atoms with Crippen LogP contribution in [0.4, 0.5) is 0 Å². The standard InChI is InChI=1S/C10H17NO2/c1-8(12)6-9(13)11-5-4-10(7-11)2-3-10/h8,12H,2-7H2,1H3. The highest BCUT2D eigenvalue weighted by Crippen LogP contribution is 2.52. The summed E-state index contributed by atoms with van der Waals surface area (Å²) in [6, 6.07) is 0. The molecule has 3 nitrogen and oxygen atoms in total. The summed E-state index contributed by atoms with van der Waals surface area (Å²) in [5, 5.41) is 9.08. The number of rotatable bonds is 2. The van der Waals surface area contributed by atoms with Gasteiger partial charge in [0.05, 0.1) is 12.5 Å². The summed E-state index contributed by atoms with van der Waals surface area (Å²) in [5.74, 6) is 0.124. The van der Waals surface area contributed by atoms with Gasteiger partial charge >= 0.3 is 0 Å². The van der Waals surface area contributed by atoms with Gasteiger partial charge < -0.3 is 10.0 Å². The first-order valence-electron chi connectivity index (χ1n) is 5.07. The summed E-state index contributed by atoms with van der Waals surface area (Å²) in [4.78, 5) is 13.5. The summed E-state index contributed by atoms with van der Waals surface area (Å²) in [7, 11) is 0.